The zero-order chi connectivity index (χ0) is 14.6. The molecule has 7 heteroatoms. The molecule has 0 heterocycles. The molecule has 1 atom stereocenters. The van der Waals surface area contributed by atoms with Gasteiger partial charge in [-0.25, -0.2) is 9.18 Å². The van der Waals surface area contributed by atoms with Gasteiger partial charge in [0.15, 0.2) is 0 Å². The zero-order valence-electron chi connectivity index (χ0n) is 10.6. The first kappa shape index (κ1) is 14.9. The number of carboxylic acids is 1. The first-order valence-electron chi connectivity index (χ1n) is 5.80. The van der Waals surface area contributed by atoms with E-state index >= 15 is 0 Å². The van der Waals surface area contributed by atoms with E-state index in [1.165, 1.54) is 13.0 Å². The summed E-state index contributed by atoms with van der Waals surface area (Å²) >= 11 is 0. The summed E-state index contributed by atoms with van der Waals surface area (Å²) < 4.78 is 13.3. The van der Waals surface area contributed by atoms with Crippen LogP contribution in [0.4, 0.5) is 15.8 Å². The van der Waals surface area contributed by atoms with E-state index in [1.54, 1.807) is 0 Å². The van der Waals surface area contributed by atoms with Crippen molar-refractivity contribution in [3.05, 3.63) is 33.6 Å². The SMILES string of the molecule is CCCC(Nc1cc(C)c(F)cc1[N+](=O)[O-])C(=O)O. The maximum atomic E-state index is 13.3. The Hall–Kier alpha value is -2.18. The molecule has 0 saturated carbocycles. The number of rotatable bonds is 6. The fourth-order valence-electron chi connectivity index (χ4n) is 1.67. The lowest BCUT2D eigenvalue weighted by atomic mass is 10.1. The largest absolute Gasteiger partial charge is 0.480 e. The molecule has 2 N–H and O–H groups in total. The summed E-state index contributed by atoms with van der Waals surface area (Å²) in [6.45, 7) is 3.27. The van der Waals surface area contributed by atoms with E-state index < -0.39 is 28.4 Å². The molecular weight excluding hydrogens is 255 g/mol. The molecule has 0 radical (unpaired) electrons. The highest BCUT2D eigenvalue weighted by atomic mass is 19.1. The Balaban J connectivity index is 3.14. The molecule has 0 amide bonds. The first-order valence-corrected chi connectivity index (χ1v) is 5.80. The Labute approximate surface area is 109 Å². The summed E-state index contributed by atoms with van der Waals surface area (Å²) in [5, 5.41) is 22.4. The average molecular weight is 270 g/mol. The van der Waals surface area contributed by atoms with Gasteiger partial charge in [-0.3, -0.25) is 10.1 Å². The number of carboxylic acid groups (broad SMARTS) is 1. The molecule has 0 aliphatic rings. The summed E-state index contributed by atoms with van der Waals surface area (Å²) in [5.74, 6) is -1.79. The fraction of sp³-hybridized carbons (Fsp3) is 0.417. The normalized spacial score (nSPS) is 11.9. The van der Waals surface area contributed by atoms with E-state index in [1.807, 2.05) is 6.92 Å². The number of aliphatic carboxylic acids is 1. The van der Waals surface area contributed by atoms with Gasteiger partial charge in [0.1, 0.15) is 17.5 Å². The molecular formula is C12H15FN2O4. The molecule has 0 bridgehead atoms. The van der Waals surface area contributed by atoms with Crippen LogP contribution in [0.3, 0.4) is 0 Å². The number of aryl methyl sites for hydroxylation is 1. The molecule has 19 heavy (non-hydrogen) atoms. The van der Waals surface area contributed by atoms with E-state index in [-0.39, 0.29) is 11.3 Å². The minimum absolute atomic E-state index is 0.0183. The summed E-state index contributed by atoms with van der Waals surface area (Å²) in [4.78, 5) is 21.1. The van der Waals surface area contributed by atoms with Crippen LogP contribution < -0.4 is 5.32 Å². The predicted octanol–water partition coefficient (Wildman–Crippen LogP) is 2.71. The van der Waals surface area contributed by atoms with E-state index in [2.05, 4.69) is 5.32 Å². The van der Waals surface area contributed by atoms with E-state index in [9.17, 15) is 19.3 Å². The lowest BCUT2D eigenvalue weighted by Crippen LogP contribution is -2.29. The summed E-state index contributed by atoms with van der Waals surface area (Å²) in [7, 11) is 0. The van der Waals surface area contributed by atoms with E-state index in [4.69, 9.17) is 5.11 Å². The zero-order valence-corrected chi connectivity index (χ0v) is 10.6. The van der Waals surface area contributed by atoms with E-state index in [0.29, 0.717) is 12.8 Å². The van der Waals surface area contributed by atoms with Gasteiger partial charge in [0, 0.05) is 0 Å². The molecule has 1 aromatic rings. The molecule has 0 aliphatic carbocycles. The van der Waals surface area contributed by atoms with Crippen molar-refractivity contribution in [2.45, 2.75) is 32.7 Å². The summed E-state index contributed by atoms with van der Waals surface area (Å²) in [5.41, 5.74) is -0.232. The van der Waals surface area contributed by atoms with Crippen LogP contribution in [0.1, 0.15) is 25.3 Å². The number of anilines is 1. The Kier molecular flexibility index (Phi) is 4.80. The first-order chi connectivity index (χ1) is 8.86. The number of nitro benzene ring substituents is 1. The number of halogens is 1. The Morgan fingerprint density at radius 2 is 2.21 bits per heavy atom. The molecule has 0 saturated heterocycles. The maximum absolute atomic E-state index is 13.3. The molecule has 0 fully saturated rings. The number of nitrogens with zero attached hydrogens (tertiary/aromatic N) is 1. The molecule has 0 aliphatic heterocycles. The highest BCUT2D eigenvalue weighted by Crippen LogP contribution is 2.28. The molecule has 0 aromatic heterocycles. The van der Waals surface area contributed by atoms with Crippen LogP contribution in [0.25, 0.3) is 0 Å². The third-order valence-corrected chi connectivity index (χ3v) is 2.68. The second-order valence-electron chi connectivity index (χ2n) is 4.20. The number of nitrogens with one attached hydrogen (secondary N) is 1. The Bertz CT molecular complexity index is 505. The van der Waals surface area contributed by atoms with Gasteiger partial charge in [0.25, 0.3) is 5.69 Å². The fourth-order valence-corrected chi connectivity index (χ4v) is 1.67. The quantitative estimate of drug-likeness (QED) is 0.612. The van der Waals surface area contributed by atoms with Gasteiger partial charge in [-0.1, -0.05) is 13.3 Å². The van der Waals surface area contributed by atoms with Gasteiger partial charge in [-0.15, -0.1) is 0 Å². The van der Waals surface area contributed by atoms with Gasteiger partial charge in [0.2, 0.25) is 0 Å². The minimum Gasteiger partial charge on any atom is -0.480 e. The number of hydrogen-bond acceptors (Lipinski definition) is 4. The number of carbonyl (C=O) groups is 1. The van der Waals surface area contributed by atoms with Crippen molar-refractivity contribution < 1.29 is 19.2 Å². The molecule has 0 spiro atoms. The molecule has 1 unspecified atom stereocenters. The standard InChI is InChI=1S/C12H15FN2O4/c1-3-4-9(12(16)17)14-10-5-7(2)8(13)6-11(10)15(18)19/h5-6,9,14H,3-4H2,1-2H3,(H,16,17). The third kappa shape index (κ3) is 3.64. The lowest BCUT2D eigenvalue weighted by Gasteiger charge is -2.15. The summed E-state index contributed by atoms with van der Waals surface area (Å²) in [6, 6.07) is 1.11. The van der Waals surface area contributed by atoms with Gasteiger partial charge >= 0.3 is 5.97 Å². The second-order valence-corrected chi connectivity index (χ2v) is 4.20. The van der Waals surface area contributed by atoms with Gasteiger partial charge < -0.3 is 10.4 Å². The van der Waals surface area contributed by atoms with Gasteiger partial charge in [0.05, 0.1) is 11.0 Å². The Morgan fingerprint density at radius 1 is 1.58 bits per heavy atom. The minimum atomic E-state index is -1.10. The van der Waals surface area contributed by atoms with Crippen LogP contribution in [-0.2, 0) is 4.79 Å². The molecule has 1 aromatic carbocycles. The van der Waals surface area contributed by atoms with Crippen LogP contribution in [0.5, 0.6) is 0 Å². The van der Waals surface area contributed by atoms with Crippen LogP contribution in [0.2, 0.25) is 0 Å². The highest BCUT2D eigenvalue weighted by Gasteiger charge is 2.22. The predicted molar refractivity (Wildman–Crippen MR) is 67.7 cm³/mol. The van der Waals surface area contributed by atoms with Crippen molar-refractivity contribution >= 4 is 17.3 Å². The number of hydrogen-bond donors (Lipinski definition) is 2. The third-order valence-electron chi connectivity index (χ3n) is 2.68. The van der Waals surface area contributed by atoms with Crippen molar-refractivity contribution in [3.8, 4) is 0 Å². The van der Waals surface area contributed by atoms with Gasteiger partial charge in [-0.05, 0) is 25.0 Å². The number of nitro groups is 1. The molecule has 6 nitrogen and oxygen atoms in total. The van der Waals surface area contributed by atoms with E-state index in [0.717, 1.165) is 6.07 Å². The lowest BCUT2D eigenvalue weighted by molar-refractivity contribution is -0.384. The van der Waals surface area contributed by atoms with Crippen LogP contribution in [0.15, 0.2) is 12.1 Å². The summed E-state index contributed by atoms with van der Waals surface area (Å²) in [6.07, 6.45) is 0.931. The van der Waals surface area contributed by atoms with Crippen LogP contribution in [-0.4, -0.2) is 22.0 Å². The average Bonchev–Trinajstić information content (AvgIpc) is 2.32. The smallest absolute Gasteiger partial charge is 0.326 e. The molecule has 1 rings (SSSR count). The molecule has 104 valence electrons. The topological polar surface area (TPSA) is 92.5 Å². The van der Waals surface area contributed by atoms with Crippen LogP contribution in [0, 0.1) is 22.9 Å². The maximum Gasteiger partial charge on any atom is 0.326 e. The van der Waals surface area contributed by atoms with Crippen molar-refractivity contribution in [1.29, 1.82) is 0 Å². The number of benzene rings is 1. The van der Waals surface area contributed by atoms with Crippen molar-refractivity contribution in [3.63, 3.8) is 0 Å². The van der Waals surface area contributed by atoms with Crippen LogP contribution >= 0.6 is 0 Å². The van der Waals surface area contributed by atoms with Crippen molar-refractivity contribution in [2.75, 3.05) is 5.32 Å². The second kappa shape index (κ2) is 6.12. The van der Waals surface area contributed by atoms with Crippen molar-refractivity contribution in [2.24, 2.45) is 0 Å². The highest BCUT2D eigenvalue weighted by molar-refractivity contribution is 5.79. The monoisotopic (exact) mass is 270 g/mol. The van der Waals surface area contributed by atoms with Gasteiger partial charge in [-0.2, -0.15) is 0 Å². The Morgan fingerprint density at radius 3 is 2.68 bits per heavy atom. The van der Waals surface area contributed by atoms with Crippen molar-refractivity contribution in [1.82, 2.24) is 0 Å².